The molecule has 1 aliphatic heterocycles. The first-order chi connectivity index (χ1) is 15.0. The zero-order chi connectivity index (χ0) is 21.8. The molecule has 5 nitrogen and oxygen atoms in total. The predicted molar refractivity (Wildman–Crippen MR) is 127 cm³/mol. The maximum absolute atomic E-state index is 12.8. The number of benzene rings is 2. The number of rotatable bonds is 5. The molecule has 1 saturated heterocycles. The van der Waals surface area contributed by atoms with Crippen LogP contribution >= 0.6 is 22.9 Å². The largest absolute Gasteiger partial charge is 0.396 e. The van der Waals surface area contributed by atoms with Crippen molar-refractivity contribution in [3.63, 3.8) is 0 Å². The van der Waals surface area contributed by atoms with Crippen molar-refractivity contribution in [2.24, 2.45) is 5.92 Å². The molecule has 2 amide bonds. The Morgan fingerprint density at radius 2 is 1.94 bits per heavy atom. The number of amides is 2. The van der Waals surface area contributed by atoms with E-state index < -0.39 is 0 Å². The van der Waals surface area contributed by atoms with Gasteiger partial charge in [0.25, 0.3) is 5.91 Å². The summed E-state index contributed by atoms with van der Waals surface area (Å²) in [5.41, 5.74) is 1.10. The zero-order valence-corrected chi connectivity index (χ0v) is 18.5. The molecule has 0 spiro atoms. The SMILES string of the molecule is O=C(C=Cc1sc2ccccc2c1Cl)Nc1cccc(C(=O)N2CCC(CO)CC2)c1. The number of aliphatic hydroxyl groups excluding tert-OH is 1. The van der Waals surface area contributed by atoms with E-state index in [1.54, 1.807) is 35.2 Å². The van der Waals surface area contributed by atoms with Gasteiger partial charge in [-0.2, -0.15) is 0 Å². The average molecular weight is 455 g/mol. The summed E-state index contributed by atoms with van der Waals surface area (Å²) in [4.78, 5) is 27.8. The topological polar surface area (TPSA) is 69.6 Å². The molecule has 1 fully saturated rings. The molecular formula is C24H23ClN2O3S. The average Bonchev–Trinajstić information content (AvgIpc) is 3.13. The van der Waals surface area contributed by atoms with Crippen molar-refractivity contribution in [3.05, 3.63) is 70.1 Å². The smallest absolute Gasteiger partial charge is 0.253 e. The highest BCUT2D eigenvalue weighted by molar-refractivity contribution is 7.20. The van der Waals surface area contributed by atoms with Crippen LogP contribution in [-0.4, -0.2) is 41.5 Å². The van der Waals surface area contributed by atoms with Crippen LogP contribution in [0.25, 0.3) is 16.2 Å². The van der Waals surface area contributed by atoms with Gasteiger partial charge in [-0.1, -0.05) is 35.9 Å². The summed E-state index contributed by atoms with van der Waals surface area (Å²) in [6, 6.07) is 14.8. The molecule has 1 aromatic heterocycles. The number of fused-ring (bicyclic) bond motifs is 1. The summed E-state index contributed by atoms with van der Waals surface area (Å²) in [5.74, 6) is -0.0714. The number of aliphatic hydroxyl groups is 1. The normalized spacial score (nSPS) is 15.0. The summed E-state index contributed by atoms with van der Waals surface area (Å²) in [7, 11) is 0. The zero-order valence-electron chi connectivity index (χ0n) is 16.9. The van der Waals surface area contributed by atoms with Gasteiger partial charge in [0.2, 0.25) is 5.91 Å². The fraction of sp³-hybridized carbons (Fsp3) is 0.250. The van der Waals surface area contributed by atoms with E-state index >= 15 is 0 Å². The Hall–Kier alpha value is -2.67. The maximum atomic E-state index is 12.8. The molecule has 2 heterocycles. The molecular weight excluding hydrogens is 432 g/mol. The minimum atomic E-state index is -0.290. The first-order valence-corrected chi connectivity index (χ1v) is 11.4. The van der Waals surface area contributed by atoms with Gasteiger partial charge in [0.15, 0.2) is 0 Å². The molecule has 0 bridgehead atoms. The second-order valence-electron chi connectivity index (χ2n) is 7.60. The van der Waals surface area contributed by atoms with Gasteiger partial charge >= 0.3 is 0 Å². The van der Waals surface area contributed by atoms with Gasteiger partial charge in [-0.15, -0.1) is 11.3 Å². The number of nitrogens with zero attached hydrogens (tertiary/aromatic N) is 1. The summed E-state index contributed by atoms with van der Waals surface area (Å²) >= 11 is 7.95. The van der Waals surface area contributed by atoms with Gasteiger partial charge in [-0.25, -0.2) is 0 Å². The number of hydrogen-bond acceptors (Lipinski definition) is 4. The van der Waals surface area contributed by atoms with Crippen molar-refractivity contribution >= 4 is 56.6 Å². The molecule has 2 N–H and O–H groups in total. The number of nitrogens with one attached hydrogen (secondary N) is 1. The molecule has 0 radical (unpaired) electrons. The molecule has 0 aliphatic carbocycles. The summed E-state index contributed by atoms with van der Waals surface area (Å²) in [6.07, 6.45) is 4.78. The van der Waals surface area contributed by atoms with Crippen LogP contribution in [-0.2, 0) is 4.79 Å². The van der Waals surface area contributed by atoms with Crippen molar-refractivity contribution in [3.8, 4) is 0 Å². The van der Waals surface area contributed by atoms with Crippen molar-refractivity contribution in [2.45, 2.75) is 12.8 Å². The van der Waals surface area contributed by atoms with Gasteiger partial charge in [0.1, 0.15) is 0 Å². The highest BCUT2D eigenvalue weighted by atomic mass is 35.5. The second kappa shape index (κ2) is 9.64. The van der Waals surface area contributed by atoms with Crippen LogP contribution in [0, 0.1) is 5.92 Å². The van der Waals surface area contributed by atoms with Gasteiger partial charge in [-0.3, -0.25) is 9.59 Å². The Labute approximate surface area is 189 Å². The van der Waals surface area contributed by atoms with E-state index in [9.17, 15) is 14.7 Å². The quantitative estimate of drug-likeness (QED) is 0.530. The minimum Gasteiger partial charge on any atom is -0.396 e. The third-order valence-electron chi connectivity index (χ3n) is 5.48. The number of piperidine rings is 1. The molecule has 31 heavy (non-hydrogen) atoms. The Morgan fingerprint density at radius 3 is 2.68 bits per heavy atom. The lowest BCUT2D eigenvalue weighted by molar-refractivity contribution is -0.111. The van der Waals surface area contributed by atoms with Crippen LogP contribution in [0.5, 0.6) is 0 Å². The molecule has 0 saturated carbocycles. The van der Waals surface area contributed by atoms with Gasteiger partial charge in [0, 0.05) is 52.0 Å². The summed E-state index contributed by atoms with van der Waals surface area (Å²) in [6.45, 7) is 1.45. The monoisotopic (exact) mass is 454 g/mol. The molecule has 0 unspecified atom stereocenters. The van der Waals surface area contributed by atoms with Crippen LogP contribution in [0.3, 0.4) is 0 Å². The highest BCUT2D eigenvalue weighted by Gasteiger charge is 2.23. The van der Waals surface area contributed by atoms with E-state index in [1.165, 1.54) is 17.4 Å². The number of likely N-dealkylation sites (tertiary alicyclic amines) is 1. The van der Waals surface area contributed by atoms with E-state index in [-0.39, 0.29) is 24.3 Å². The van der Waals surface area contributed by atoms with Crippen LogP contribution in [0.4, 0.5) is 5.69 Å². The van der Waals surface area contributed by atoms with Gasteiger partial charge in [0.05, 0.1) is 5.02 Å². The molecule has 2 aromatic carbocycles. The molecule has 3 aromatic rings. The van der Waals surface area contributed by atoms with Crippen molar-refractivity contribution < 1.29 is 14.7 Å². The Morgan fingerprint density at radius 1 is 1.16 bits per heavy atom. The van der Waals surface area contributed by atoms with Crippen molar-refractivity contribution in [1.29, 1.82) is 0 Å². The lowest BCUT2D eigenvalue weighted by Crippen LogP contribution is -2.39. The number of carbonyl (C=O) groups excluding carboxylic acids is 2. The van der Waals surface area contributed by atoms with Crippen LogP contribution in [0.15, 0.2) is 54.6 Å². The standard InChI is InChI=1S/C24H23ClN2O3S/c25-23-19-6-1-2-7-20(19)31-21(23)8-9-22(29)26-18-5-3-4-17(14-18)24(30)27-12-10-16(15-28)11-13-27/h1-9,14,16,28H,10-13,15H2,(H,26,29). The minimum absolute atomic E-state index is 0.0555. The van der Waals surface area contributed by atoms with E-state index in [0.717, 1.165) is 27.8 Å². The van der Waals surface area contributed by atoms with Crippen molar-refractivity contribution in [1.82, 2.24) is 4.90 Å². The highest BCUT2D eigenvalue weighted by Crippen LogP contribution is 2.35. The van der Waals surface area contributed by atoms with E-state index in [1.807, 2.05) is 24.3 Å². The number of halogens is 1. The number of hydrogen-bond donors (Lipinski definition) is 2. The number of thiophene rings is 1. The summed E-state index contributed by atoms with van der Waals surface area (Å²) in [5, 5.41) is 13.7. The molecule has 7 heteroatoms. The third kappa shape index (κ3) is 4.98. The first-order valence-electron chi connectivity index (χ1n) is 10.2. The van der Waals surface area contributed by atoms with Crippen LogP contribution < -0.4 is 5.32 Å². The fourth-order valence-corrected chi connectivity index (χ4v) is 5.11. The maximum Gasteiger partial charge on any atom is 0.253 e. The lowest BCUT2D eigenvalue weighted by atomic mass is 9.97. The second-order valence-corrected chi connectivity index (χ2v) is 9.06. The Bertz CT molecular complexity index is 1130. The molecule has 160 valence electrons. The third-order valence-corrected chi connectivity index (χ3v) is 7.14. The van der Waals surface area contributed by atoms with E-state index in [0.29, 0.717) is 29.4 Å². The van der Waals surface area contributed by atoms with E-state index in [2.05, 4.69) is 5.32 Å². The fourth-order valence-electron chi connectivity index (χ4n) is 3.71. The molecule has 0 atom stereocenters. The number of anilines is 1. The Balaban J connectivity index is 1.41. The van der Waals surface area contributed by atoms with Crippen LogP contribution in [0.1, 0.15) is 28.1 Å². The Kier molecular flexibility index (Phi) is 6.70. The van der Waals surface area contributed by atoms with Gasteiger partial charge < -0.3 is 15.3 Å². The first kappa shape index (κ1) is 21.6. The van der Waals surface area contributed by atoms with Crippen LogP contribution in [0.2, 0.25) is 5.02 Å². The van der Waals surface area contributed by atoms with Gasteiger partial charge in [-0.05, 0) is 49.1 Å². The predicted octanol–water partition coefficient (Wildman–Crippen LogP) is 5.05. The van der Waals surface area contributed by atoms with E-state index in [4.69, 9.17) is 11.6 Å². The molecule has 4 rings (SSSR count). The molecule has 1 aliphatic rings. The summed E-state index contributed by atoms with van der Waals surface area (Å²) < 4.78 is 1.07. The number of carbonyl (C=O) groups is 2. The van der Waals surface area contributed by atoms with Crippen molar-refractivity contribution in [2.75, 3.05) is 25.0 Å². The lowest BCUT2D eigenvalue weighted by Gasteiger charge is -2.31.